The summed E-state index contributed by atoms with van der Waals surface area (Å²) >= 11 is 0. The Bertz CT molecular complexity index is 595. The van der Waals surface area contributed by atoms with Crippen LogP contribution in [-0.2, 0) is 14.3 Å². The topological polar surface area (TPSA) is 103 Å². The van der Waals surface area contributed by atoms with Crippen molar-refractivity contribution in [3.63, 3.8) is 0 Å². The van der Waals surface area contributed by atoms with Crippen molar-refractivity contribution < 1.29 is 17.5 Å². The molecule has 0 N–H and O–H groups in total. The van der Waals surface area contributed by atoms with Gasteiger partial charge in [-0.3, -0.25) is 14.3 Å². The van der Waals surface area contributed by atoms with Gasteiger partial charge in [0.25, 0.3) is 15.8 Å². The van der Waals surface area contributed by atoms with Crippen molar-refractivity contribution >= 4 is 21.6 Å². The van der Waals surface area contributed by atoms with Gasteiger partial charge < -0.3 is 4.90 Å². The lowest BCUT2D eigenvalue weighted by Gasteiger charge is -2.32. The van der Waals surface area contributed by atoms with Gasteiger partial charge in [0.1, 0.15) is 12.0 Å². The number of nitrogens with zero attached hydrogens (tertiary/aromatic N) is 3. The predicted molar refractivity (Wildman–Crippen MR) is 88.0 cm³/mol. The number of anilines is 1. The lowest BCUT2D eigenvalue weighted by Crippen LogP contribution is -2.35. The van der Waals surface area contributed by atoms with Gasteiger partial charge in [-0.15, -0.1) is 0 Å². The van der Waals surface area contributed by atoms with Crippen LogP contribution in [0.4, 0.5) is 11.5 Å². The Balaban J connectivity index is 0.00000127. The van der Waals surface area contributed by atoms with Crippen LogP contribution < -0.4 is 4.90 Å². The summed E-state index contributed by atoms with van der Waals surface area (Å²) in [6.07, 6.45) is 3.89. The molecule has 0 amide bonds. The summed E-state index contributed by atoms with van der Waals surface area (Å²) in [5.74, 6) is 0.900. The monoisotopic (exact) mass is 345 g/mol. The van der Waals surface area contributed by atoms with E-state index in [-0.39, 0.29) is 18.2 Å². The zero-order valence-corrected chi connectivity index (χ0v) is 14.5. The van der Waals surface area contributed by atoms with E-state index in [9.17, 15) is 18.5 Å². The molecule has 0 spiro atoms. The third-order valence-corrected chi connectivity index (χ3v) is 3.96. The van der Waals surface area contributed by atoms with E-state index in [4.69, 9.17) is 4.18 Å². The number of nitro groups is 1. The highest BCUT2D eigenvalue weighted by atomic mass is 32.2. The number of hydrogen-bond donors (Lipinski definition) is 0. The van der Waals surface area contributed by atoms with E-state index in [1.54, 1.807) is 6.07 Å². The van der Waals surface area contributed by atoms with Gasteiger partial charge in [-0.2, -0.15) is 8.42 Å². The summed E-state index contributed by atoms with van der Waals surface area (Å²) in [5.41, 5.74) is -0.0322. The summed E-state index contributed by atoms with van der Waals surface area (Å²) in [4.78, 5) is 16.2. The van der Waals surface area contributed by atoms with E-state index < -0.39 is 15.0 Å². The van der Waals surface area contributed by atoms with E-state index in [0.29, 0.717) is 5.82 Å². The van der Waals surface area contributed by atoms with E-state index in [0.717, 1.165) is 32.2 Å². The maximum absolute atomic E-state index is 10.9. The smallest absolute Gasteiger partial charge is 0.287 e. The molecule has 1 aromatic heterocycles. The second-order valence-corrected chi connectivity index (χ2v) is 6.69. The maximum atomic E-state index is 10.9. The molecule has 9 heteroatoms. The molecule has 1 aromatic rings. The molecule has 1 fully saturated rings. The fourth-order valence-electron chi connectivity index (χ4n) is 2.22. The zero-order chi connectivity index (χ0) is 17.5. The van der Waals surface area contributed by atoms with Crippen molar-refractivity contribution in [2.45, 2.75) is 26.7 Å². The Kier molecular flexibility index (Phi) is 7.37. The largest absolute Gasteiger partial charge is 0.357 e. The van der Waals surface area contributed by atoms with Crippen LogP contribution in [0.2, 0.25) is 0 Å². The van der Waals surface area contributed by atoms with Crippen molar-refractivity contribution in [1.82, 2.24) is 4.98 Å². The standard InChI is InChI=1S/C12H17N3O5S.C2H6/c1-21(18,19)20-9-10-4-6-14(7-5-10)12-3-2-11(8-13-12)15(16)17;1-2/h2-3,8,10H,4-7,9H2,1H3;1-2H3. The van der Waals surface area contributed by atoms with Crippen molar-refractivity contribution in [3.8, 4) is 0 Å². The van der Waals surface area contributed by atoms with Crippen LogP contribution in [0.1, 0.15) is 26.7 Å². The van der Waals surface area contributed by atoms with Gasteiger partial charge in [-0.25, -0.2) is 4.98 Å². The number of hydrogen-bond acceptors (Lipinski definition) is 7. The van der Waals surface area contributed by atoms with Crippen LogP contribution in [0.5, 0.6) is 0 Å². The third kappa shape index (κ3) is 6.49. The van der Waals surface area contributed by atoms with Gasteiger partial charge in [-0.05, 0) is 24.8 Å². The van der Waals surface area contributed by atoms with Gasteiger partial charge in [0, 0.05) is 19.2 Å². The number of aromatic nitrogens is 1. The van der Waals surface area contributed by atoms with E-state index in [2.05, 4.69) is 4.98 Å². The molecular formula is C14H23N3O5S. The molecule has 0 atom stereocenters. The molecule has 1 saturated heterocycles. The van der Waals surface area contributed by atoms with Crippen molar-refractivity contribution in [3.05, 3.63) is 28.4 Å². The molecule has 130 valence electrons. The van der Waals surface area contributed by atoms with E-state index in [1.165, 1.54) is 12.3 Å². The van der Waals surface area contributed by atoms with Gasteiger partial charge in [0.15, 0.2) is 0 Å². The lowest BCUT2D eigenvalue weighted by molar-refractivity contribution is -0.385. The Morgan fingerprint density at radius 2 is 1.96 bits per heavy atom. The zero-order valence-electron chi connectivity index (χ0n) is 13.6. The van der Waals surface area contributed by atoms with Gasteiger partial charge in [-0.1, -0.05) is 13.8 Å². The molecule has 0 aromatic carbocycles. The SMILES string of the molecule is CC.CS(=O)(=O)OCC1CCN(c2ccc([N+](=O)[O-])cn2)CC1. The average molecular weight is 345 g/mol. The highest BCUT2D eigenvalue weighted by Gasteiger charge is 2.22. The number of piperidine rings is 1. The summed E-state index contributed by atoms with van der Waals surface area (Å²) in [7, 11) is -3.39. The lowest BCUT2D eigenvalue weighted by atomic mass is 9.98. The van der Waals surface area contributed by atoms with Crippen LogP contribution >= 0.6 is 0 Å². The first-order chi connectivity index (χ1) is 10.8. The summed E-state index contributed by atoms with van der Waals surface area (Å²) in [6.45, 7) is 5.66. The summed E-state index contributed by atoms with van der Waals surface area (Å²) in [6, 6.07) is 3.06. The Labute approximate surface area is 136 Å². The molecule has 0 unspecified atom stereocenters. The molecule has 2 heterocycles. The van der Waals surface area contributed by atoms with Gasteiger partial charge in [0.2, 0.25) is 0 Å². The second-order valence-electron chi connectivity index (χ2n) is 5.05. The Morgan fingerprint density at radius 1 is 1.35 bits per heavy atom. The number of pyridine rings is 1. The molecule has 1 aliphatic rings. The summed E-state index contributed by atoms with van der Waals surface area (Å²) in [5, 5.41) is 10.6. The van der Waals surface area contributed by atoms with E-state index >= 15 is 0 Å². The van der Waals surface area contributed by atoms with Crippen molar-refractivity contribution in [2.24, 2.45) is 5.92 Å². The minimum absolute atomic E-state index is 0.0322. The Hall–Kier alpha value is -1.74. The third-order valence-electron chi connectivity index (χ3n) is 3.40. The minimum atomic E-state index is -3.39. The predicted octanol–water partition coefficient (Wildman–Crippen LogP) is 2.21. The van der Waals surface area contributed by atoms with Crippen LogP contribution in [0.15, 0.2) is 18.3 Å². The van der Waals surface area contributed by atoms with Gasteiger partial charge >= 0.3 is 0 Å². The molecule has 23 heavy (non-hydrogen) atoms. The highest BCUT2D eigenvalue weighted by Crippen LogP contribution is 2.23. The fraction of sp³-hybridized carbons (Fsp3) is 0.643. The average Bonchev–Trinajstić information content (AvgIpc) is 2.55. The highest BCUT2D eigenvalue weighted by molar-refractivity contribution is 7.85. The number of rotatable bonds is 5. The minimum Gasteiger partial charge on any atom is -0.357 e. The molecule has 0 aliphatic carbocycles. The second kappa shape index (κ2) is 8.78. The molecule has 8 nitrogen and oxygen atoms in total. The normalized spacial score (nSPS) is 15.7. The first kappa shape index (κ1) is 19.3. The van der Waals surface area contributed by atoms with Crippen molar-refractivity contribution in [2.75, 3.05) is 30.9 Å². The molecule has 1 aliphatic heterocycles. The molecule has 0 bridgehead atoms. The molecule has 0 radical (unpaired) electrons. The van der Waals surface area contributed by atoms with Crippen LogP contribution in [-0.4, -0.2) is 44.3 Å². The Morgan fingerprint density at radius 3 is 2.39 bits per heavy atom. The van der Waals surface area contributed by atoms with Crippen LogP contribution in [0.25, 0.3) is 0 Å². The van der Waals surface area contributed by atoms with Crippen molar-refractivity contribution in [1.29, 1.82) is 0 Å². The first-order valence-corrected chi connectivity index (χ1v) is 9.36. The maximum Gasteiger partial charge on any atom is 0.287 e. The molecule has 2 rings (SSSR count). The fourth-order valence-corrected chi connectivity index (χ4v) is 2.66. The van der Waals surface area contributed by atoms with Crippen LogP contribution in [0, 0.1) is 16.0 Å². The molecule has 0 saturated carbocycles. The van der Waals surface area contributed by atoms with Crippen LogP contribution in [0.3, 0.4) is 0 Å². The summed E-state index contributed by atoms with van der Waals surface area (Å²) < 4.78 is 26.7. The quantitative estimate of drug-likeness (QED) is 0.458. The first-order valence-electron chi connectivity index (χ1n) is 7.55. The van der Waals surface area contributed by atoms with E-state index in [1.807, 2.05) is 18.7 Å². The van der Waals surface area contributed by atoms with Gasteiger partial charge in [0.05, 0.1) is 17.8 Å². The molecular weight excluding hydrogens is 322 g/mol.